The molecule has 18 heavy (non-hydrogen) atoms. The van der Waals surface area contributed by atoms with Crippen LogP contribution >= 0.6 is 0 Å². The van der Waals surface area contributed by atoms with Crippen LogP contribution in [-0.2, 0) is 9.59 Å². The van der Waals surface area contributed by atoms with Crippen molar-refractivity contribution in [3.63, 3.8) is 0 Å². The largest absolute Gasteiger partial charge is 0.356 e. The fourth-order valence-electron chi connectivity index (χ4n) is 1.35. The zero-order chi connectivity index (χ0) is 13.4. The van der Waals surface area contributed by atoms with Gasteiger partial charge in [-0.25, -0.2) is 4.39 Å². The lowest BCUT2D eigenvalue weighted by molar-refractivity contribution is -0.126. The molecule has 0 spiro atoms. The molecular formula is C13H17FN2O2. The van der Waals surface area contributed by atoms with Crippen LogP contribution in [0.2, 0.25) is 0 Å². The highest BCUT2D eigenvalue weighted by atomic mass is 19.1. The van der Waals surface area contributed by atoms with E-state index in [1.165, 1.54) is 24.3 Å². The summed E-state index contributed by atoms with van der Waals surface area (Å²) in [6.07, 6.45) is 1.66. The third-order valence-corrected chi connectivity index (χ3v) is 2.30. The van der Waals surface area contributed by atoms with Crippen molar-refractivity contribution in [3.8, 4) is 0 Å². The molecule has 1 rings (SSSR count). The second kappa shape index (κ2) is 7.42. The third-order valence-electron chi connectivity index (χ3n) is 2.30. The molecule has 0 fully saturated rings. The summed E-state index contributed by atoms with van der Waals surface area (Å²) in [5.41, 5.74) is 0.475. The van der Waals surface area contributed by atoms with Gasteiger partial charge in [-0.3, -0.25) is 9.59 Å². The first-order valence-corrected chi connectivity index (χ1v) is 5.94. The summed E-state index contributed by atoms with van der Waals surface area (Å²) in [6.45, 7) is 2.60. The Morgan fingerprint density at radius 1 is 1.17 bits per heavy atom. The smallest absolute Gasteiger partial charge is 0.233 e. The number of benzene rings is 1. The summed E-state index contributed by atoms with van der Waals surface area (Å²) in [6, 6.07) is 5.39. The molecule has 0 atom stereocenters. The minimum Gasteiger partial charge on any atom is -0.356 e. The number of carbonyl (C=O) groups excluding carboxylic acids is 2. The van der Waals surface area contributed by atoms with Crippen molar-refractivity contribution in [2.45, 2.75) is 26.2 Å². The van der Waals surface area contributed by atoms with Gasteiger partial charge in [-0.2, -0.15) is 0 Å². The highest BCUT2D eigenvalue weighted by molar-refractivity contribution is 6.03. The Balaban J connectivity index is 2.32. The Morgan fingerprint density at radius 2 is 1.83 bits per heavy atom. The van der Waals surface area contributed by atoms with Crippen LogP contribution in [0.1, 0.15) is 26.2 Å². The van der Waals surface area contributed by atoms with Crippen LogP contribution in [0.3, 0.4) is 0 Å². The molecule has 0 aliphatic heterocycles. The van der Waals surface area contributed by atoms with Gasteiger partial charge in [-0.15, -0.1) is 0 Å². The van der Waals surface area contributed by atoms with E-state index >= 15 is 0 Å². The van der Waals surface area contributed by atoms with Gasteiger partial charge in [0.15, 0.2) is 0 Å². The molecule has 0 heterocycles. The predicted molar refractivity (Wildman–Crippen MR) is 67.6 cm³/mol. The van der Waals surface area contributed by atoms with Crippen molar-refractivity contribution in [2.75, 3.05) is 11.9 Å². The van der Waals surface area contributed by atoms with Gasteiger partial charge in [0.25, 0.3) is 0 Å². The van der Waals surface area contributed by atoms with Gasteiger partial charge in [0.05, 0.1) is 0 Å². The van der Waals surface area contributed by atoms with Gasteiger partial charge in [0, 0.05) is 12.2 Å². The molecule has 2 amide bonds. The lowest BCUT2D eigenvalue weighted by Crippen LogP contribution is -2.28. The topological polar surface area (TPSA) is 58.2 Å². The summed E-state index contributed by atoms with van der Waals surface area (Å²) >= 11 is 0. The van der Waals surface area contributed by atoms with E-state index in [4.69, 9.17) is 0 Å². The molecule has 0 unspecified atom stereocenters. The Bertz CT molecular complexity index is 404. The van der Waals surface area contributed by atoms with Crippen molar-refractivity contribution in [1.29, 1.82) is 0 Å². The summed E-state index contributed by atoms with van der Waals surface area (Å²) in [5, 5.41) is 5.17. The van der Waals surface area contributed by atoms with Gasteiger partial charge in [0.1, 0.15) is 12.2 Å². The average Bonchev–Trinajstić information content (AvgIpc) is 2.32. The molecule has 2 N–H and O–H groups in total. The van der Waals surface area contributed by atoms with Gasteiger partial charge in [-0.1, -0.05) is 13.3 Å². The van der Waals surface area contributed by atoms with Crippen LogP contribution in [0.15, 0.2) is 24.3 Å². The molecule has 0 bridgehead atoms. The summed E-state index contributed by atoms with van der Waals surface area (Å²) in [7, 11) is 0. The summed E-state index contributed by atoms with van der Waals surface area (Å²) < 4.78 is 12.6. The number of hydrogen-bond donors (Lipinski definition) is 2. The van der Waals surface area contributed by atoms with Crippen molar-refractivity contribution in [3.05, 3.63) is 30.1 Å². The molecule has 0 aliphatic rings. The highest BCUT2D eigenvalue weighted by Gasteiger charge is 2.08. The molecule has 4 nitrogen and oxygen atoms in total. The maximum Gasteiger partial charge on any atom is 0.233 e. The average molecular weight is 252 g/mol. The number of nitrogens with one attached hydrogen (secondary N) is 2. The Kier molecular flexibility index (Phi) is 5.84. The quantitative estimate of drug-likeness (QED) is 0.601. The Hall–Kier alpha value is -1.91. The molecule has 5 heteroatoms. The van der Waals surface area contributed by atoms with Crippen molar-refractivity contribution < 1.29 is 14.0 Å². The Morgan fingerprint density at radius 3 is 2.44 bits per heavy atom. The SMILES string of the molecule is CCCCNC(=O)CC(=O)Nc1ccc(F)cc1. The Labute approximate surface area is 106 Å². The maximum atomic E-state index is 12.6. The first-order valence-electron chi connectivity index (χ1n) is 5.94. The van der Waals surface area contributed by atoms with Crippen LogP contribution in [0.25, 0.3) is 0 Å². The molecule has 0 saturated carbocycles. The van der Waals surface area contributed by atoms with E-state index < -0.39 is 5.91 Å². The summed E-state index contributed by atoms with van der Waals surface area (Å²) in [4.78, 5) is 22.8. The highest BCUT2D eigenvalue weighted by Crippen LogP contribution is 2.08. The number of anilines is 1. The minimum absolute atomic E-state index is 0.221. The molecule has 1 aromatic rings. The first kappa shape index (κ1) is 14.2. The van der Waals surface area contributed by atoms with E-state index in [0.29, 0.717) is 12.2 Å². The predicted octanol–water partition coefficient (Wildman–Crippen LogP) is 2.07. The van der Waals surface area contributed by atoms with Crippen LogP contribution in [-0.4, -0.2) is 18.4 Å². The number of amides is 2. The van der Waals surface area contributed by atoms with Crippen LogP contribution < -0.4 is 10.6 Å². The lowest BCUT2D eigenvalue weighted by Gasteiger charge is -2.06. The van der Waals surface area contributed by atoms with E-state index in [2.05, 4.69) is 10.6 Å². The van der Waals surface area contributed by atoms with Crippen molar-refractivity contribution in [2.24, 2.45) is 0 Å². The van der Waals surface area contributed by atoms with E-state index in [1.54, 1.807) is 0 Å². The second-order valence-corrected chi connectivity index (χ2v) is 3.94. The maximum absolute atomic E-state index is 12.6. The van der Waals surface area contributed by atoms with Gasteiger partial charge < -0.3 is 10.6 Å². The number of carbonyl (C=O) groups is 2. The van der Waals surface area contributed by atoms with E-state index in [0.717, 1.165) is 12.8 Å². The second-order valence-electron chi connectivity index (χ2n) is 3.94. The molecule has 0 aromatic heterocycles. The monoisotopic (exact) mass is 252 g/mol. The fourth-order valence-corrected chi connectivity index (χ4v) is 1.35. The third kappa shape index (κ3) is 5.43. The van der Waals surface area contributed by atoms with Crippen LogP contribution in [0, 0.1) is 5.82 Å². The molecule has 98 valence electrons. The number of unbranched alkanes of at least 4 members (excludes halogenated alkanes) is 1. The van der Waals surface area contributed by atoms with E-state index in [-0.39, 0.29) is 18.1 Å². The fraction of sp³-hybridized carbons (Fsp3) is 0.385. The van der Waals surface area contributed by atoms with Crippen molar-refractivity contribution in [1.82, 2.24) is 5.32 Å². The lowest BCUT2D eigenvalue weighted by atomic mass is 10.3. The minimum atomic E-state index is -0.407. The first-order chi connectivity index (χ1) is 8.61. The van der Waals surface area contributed by atoms with Crippen LogP contribution in [0.4, 0.5) is 10.1 Å². The number of rotatable bonds is 6. The van der Waals surface area contributed by atoms with Crippen molar-refractivity contribution >= 4 is 17.5 Å². The number of hydrogen-bond acceptors (Lipinski definition) is 2. The standard InChI is InChI=1S/C13H17FN2O2/c1-2-3-8-15-12(17)9-13(18)16-11-6-4-10(14)5-7-11/h4-7H,2-3,8-9H2,1H3,(H,15,17)(H,16,18). The molecule has 0 radical (unpaired) electrons. The van der Waals surface area contributed by atoms with Gasteiger partial charge in [-0.05, 0) is 30.7 Å². The zero-order valence-electron chi connectivity index (χ0n) is 10.3. The molecule has 0 aliphatic carbocycles. The molecular weight excluding hydrogens is 235 g/mol. The summed E-state index contributed by atoms with van der Waals surface area (Å²) in [5.74, 6) is -1.08. The number of halogens is 1. The molecule has 0 saturated heterocycles. The van der Waals surface area contributed by atoms with E-state index in [1.807, 2.05) is 6.92 Å². The van der Waals surface area contributed by atoms with Gasteiger partial charge in [0.2, 0.25) is 11.8 Å². The van der Waals surface area contributed by atoms with E-state index in [9.17, 15) is 14.0 Å². The van der Waals surface area contributed by atoms with Crippen LogP contribution in [0.5, 0.6) is 0 Å². The normalized spacial score (nSPS) is 9.89. The molecule has 1 aromatic carbocycles. The zero-order valence-corrected chi connectivity index (χ0v) is 10.3. The van der Waals surface area contributed by atoms with Gasteiger partial charge >= 0.3 is 0 Å².